The Kier molecular flexibility index (Phi) is 13.4. The summed E-state index contributed by atoms with van der Waals surface area (Å²) in [5, 5.41) is 39.3. The maximum atomic E-state index is 13.8. The molecule has 0 amide bonds. The van der Waals surface area contributed by atoms with Crippen molar-refractivity contribution in [2.24, 2.45) is 0 Å². The summed E-state index contributed by atoms with van der Waals surface area (Å²) in [6.07, 6.45) is 1.22. The highest BCUT2D eigenvalue weighted by Crippen LogP contribution is 2.35. The van der Waals surface area contributed by atoms with Gasteiger partial charge < -0.3 is 30.2 Å². The number of hydrogen-bond donors (Lipinski definition) is 6. The van der Waals surface area contributed by atoms with Crippen LogP contribution in [0.5, 0.6) is 11.5 Å². The lowest BCUT2D eigenvalue weighted by Gasteiger charge is -2.26. The summed E-state index contributed by atoms with van der Waals surface area (Å²) in [4.78, 5) is 27.1. The number of phenolic OH excluding ortho intramolecular Hbond substituents is 2. The van der Waals surface area contributed by atoms with E-state index in [4.69, 9.17) is 0 Å². The lowest BCUT2D eigenvalue weighted by molar-refractivity contribution is 0.160. The second kappa shape index (κ2) is 16.5. The Balaban J connectivity index is 1.70. The van der Waals surface area contributed by atoms with Gasteiger partial charge in [-0.1, -0.05) is 12.1 Å². The number of hydrogen-bond acceptors (Lipinski definition) is 9. The van der Waals surface area contributed by atoms with E-state index in [1.807, 2.05) is 21.9 Å². The average Bonchev–Trinajstić information content (AvgIpc) is 2.99. The first kappa shape index (κ1) is 33.4. The molecule has 0 aromatic heterocycles. The lowest BCUT2D eigenvalue weighted by atomic mass is 10.0. The van der Waals surface area contributed by atoms with Gasteiger partial charge >= 0.3 is 7.60 Å². The van der Waals surface area contributed by atoms with Gasteiger partial charge in [-0.15, -0.1) is 0 Å². The van der Waals surface area contributed by atoms with E-state index in [-0.39, 0.29) is 37.5 Å². The first-order valence-electron chi connectivity index (χ1n) is 14.0. The molecule has 1 saturated heterocycles. The minimum atomic E-state index is -4.28. The van der Waals surface area contributed by atoms with Gasteiger partial charge in [-0.25, -0.2) is 4.39 Å². The van der Waals surface area contributed by atoms with Crippen LogP contribution in [0.2, 0.25) is 0 Å². The molecular formula is C28H44FN4O7P. The fourth-order valence-electron chi connectivity index (χ4n) is 5.11. The molecule has 230 valence electrons. The smallest absolute Gasteiger partial charge is 0.339 e. The molecule has 3 rings (SSSR count). The molecule has 0 radical (unpaired) electrons. The van der Waals surface area contributed by atoms with E-state index in [0.29, 0.717) is 64.5 Å². The maximum Gasteiger partial charge on any atom is 0.339 e. The summed E-state index contributed by atoms with van der Waals surface area (Å²) < 4.78 is 25.6. The van der Waals surface area contributed by atoms with Crippen LogP contribution in [0.4, 0.5) is 4.39 Å². The third-order valence-electron chi connectivity index (χ3n) is 7.33. The summed E-state index contributed by atoms with van der Waals surface area (Å²) in [5.74, 6) is -0.283. The molecule has 11 nitrogen and oxygen atoms in total. The van der Waals surface area contributed by atoms with E-state index in [1.54, 1.807) is 11.0 Å². The fraction of sp³-hybridized carbons (Fsp3) is 0.571. The van der Waals surface area contributed by atoms with Gasteiger partial charge in [0.2, 0.25) is 0 Å². The Hall–Kier alpha value is -2.12. The predicted octanol–water partition coefficient (Wildman–Crippen LogP) is 1.21. The highest BCUT2D eigenvalue weighted by Gasteiger charge is 2.23. The molecule has 13 heteroatoms. The zero-order chi connectivity index (χ0) is 29.8. The number of aliphatic hydroxyl groups is 2. The van der Waals surface area contributed by atoms with Crippen molar-refractivity contribution in [3.05, 3.63) is 58.9 Å². The zero-order valence-electron chi connectivity index (χ0n) is 23.5. The number of aryl methyl sites for hydroxylation is 1. The Morgan fingerprint density at radius 2 is 1.27 bits per heavy atom. The third-order valence-corrected chi connectivity index (χ3v) is 8.10. The number of rotatable bonds is 14. The van der Waals surface area contributed by atoms with Crippen LogP contribution in [-0.2, 0) is 24.1 Å². The number of halogens is 1. The summed E-state index contributed by atoms with van der Waals surface area (Å²) in [5.41, 5.74) is 2.25. The van der Waals surface area contributed by atoms with Crippen molar-refractivity contribution in [3.63, 3.8) is 0 Å². The SMILES string of the molecule is O=P(O)(O)CN1CCN(Cc2cc(F)ccc2O)CCN(Cc2cc(CCCN(CCO)CCO)ccc2O)CC1. The van der Waals surface area contributed by atoms with Gasteiger partial charge in [0, 0.05) is 76.6 Å². The topological polar surface area (TPSA) is 151 Å². The van der Waals surface area contributed by atoms with E-state index < -0.39 is 13.4 Å². The zero-order valence-corrected chi connectivity index (χ0v) is 24.4. The minimum absolute atomic E-state index is 0.00668. The summed E-state index contributed by atoms with van der Waals surface area (Å²) in [6.45, 7) is 5.54. The molecule has 0 unspecified atom stereocenters. The van der Waals surface area contributed by atoms with Crippen molar-refractivity contribution < 1.29 is 39.2 Å². The highest BCUT2D eigenvalue weighted by molar-refractivity contribution is 7.51. The normalized spacial score (nSPS) is 16.5. The second-order valence-electron chi connectivity index (χ2n) is 10.6. The van der Waals surface area contributed by atoms with Crippen LogP contribution in [0.1, 0.15) is 23.1 Å². The highest BCUT2D eigenvalue weighted by atomic mass is 31.2. The fourth-order valence-corrected chi connectivity index (χ4v) is 5.91. The minimum Gasteiger partial charge on any atom is -0.508 e. The van der Waals surface area contributed by atoms with Crippen LogP contribution in [0.25, 0.3) is 0 Å². The Labute approximate surface area is 241 Å². The first-order valence-corrected chi connectivity index (χ1v) is 15.8. The van der Waals surface area contributed by atoms with E-state index in [1.165, 1.54) is 18.2 Å². The summed E-state index contributed by atoms with van der Waals surface area (Å²) in [6, 6.07) is 9.35. The number of phenols is 2. The molecular weight excluding hydrogens is 554 g/mol. The monoisotopic (exact) mass is 598 g/mol. The molecule has 0 atom stereocenters. The molecule has 1 aliphatic rings. The third kappa shape index (κ3) is 12.0. The lowest BCUT2D eigenvalue weighted by Crippen LogP contribution is -2.36. The molecule has 2 aromatic carbocycles. The van der Waals surface area contributed by atoms with E-state index in [0.717, 1.165) is 30.5 Å². The van der Waals surface area contributed by atoms with Gasteiger partial charge in [0.1, 0.15) is 23.6 Å². The van der Waals surface area contributed by atoms with E-state index >= 15 is 0 Å². The Morgan fingerprint density at radius 3 is 1.80 bits per heavy atom. The van der Waals surface area contributed by atoms with Gasteiger partial charge in [0.15, 0.2) is 0 Å². The van der Waals surface area contributed by atoms with E-state index in [9.17, 15) is 39.2 Å². The molecule has 1 aliphatic heterocycles. The molecule has 1 heterocycles. The maximum absolute atomic E-state index is 13.8. The van der Waals surface area contributed by atoms with Gasteiger partial charge in [-0.2, -0.15) is 0 Å². The molecule has 0 aliphatic carbocycles. The average molecular weight is 599 g/mol. The molecule has 0 bridgehead atoms. The molecule has 1 fully saturated rings. The number of aromatic hydroxyl groups is 2. The van der Waals surface area contributed by atoms with Crippen molar-refractivity contribution in [2.75, 3.05) is 78.4 Å². The van der Waals surface area contributed by atoms with Gasteiger partial charge in [-0.3, -0.25) is 24.2 Å². The van der Waals surface area contributed by atoms with Gasteiger partial charge in [-0.05, 0) is 49.2 Å². The van der Waals surface area contributed by atoms with Crippen LogP contribution < -0.4 is 0 Å². The van der Waals surface area contributed by atoms with Crippen LogP contribution in [0, 0.1) is 5.82 Å². The Morgan fingerprint density at radius 1 is 0.756 bits per heavy atom. The van der Waals surface area contributed by atoms with E-state index in [2.05, 4.69) is 4.90 Å². The number of aliphatic hydroxyl groups excluding tert-OH is 2. The van der Waals surface area contributed by atoms with Gasteiger partial charge in [0.05, 0.1) is 13.2 Å². The van der Waals surface area contributed by atoms with Crippen molar-refractivity contribution in [3.8, 4) is 11.5 Å². The quantitative estimate of drug-likeness (QED) is 0.174. The van der Waals surface area contributed by atoms with Crippen molar-refractivity contribution >= 4 is 7.60 Å². The molecule has 2 aromatic rings. The van der Waals surface area contributed by atoms with Crippen LogP contribution in [0.15, 0.2) is 36.4 Å². The standard InChI is InChI=1S/C28H44FN4O7P/c29-26-4-6-28(37)25(19-26)21-32-9-8-31(10-12-33(13-11-32)22-41(38,39)40)20-24-18-23(3-5-27(24)36)2-1-7-30(14-16-34)15-17-35/h3-6,18-19,34-37H,1-2,7-17,20-22H2,(H2,38,39,40). The molecule has 41 heavy (non-hydrogen) atoms. The predicted molar refractivity (Wildman–Crippen MR) is 154 cm³/mol. The second-order valence-corrected chi connectivity index (χ2v) is 12.2. The van der Waals surface area contributed by atoms with Crippen molar-refractivity contribution in [2.45, 2.75) is 25.9 Å². The summed E-state index contributed by atoms with van der Waals surface area (Å²) >= 11 is 0. The van der Waals surface area contributed by atoms with Crippen molar-refractivity contribution in [1.29, 1.82) is 0 Å². The molecule has 0 saturated carbocycles. The largest absolute Gasteiger partial charge is 0.508 e. The van der Waals surface area contributed by atoms with Crippen molar-refractivity contribution in [1.82, 2.24) is 19.6 Å². The molecule has 0 spiro atoms. The Bertz CT molecular complexity index is 1130. The van der Waals surface area contributed by atoms with Crippen LogP contribution in [0.3, 0.4) is 0 Å². The number of nitrogens with zero attached hydrogens (tertiary/aromatic N) is 4. The van der Waals surface area contributed by atoms with Crippen LogP contribution in [-0.4, -0.2) is 128 Å². The van der Waals surface area contributed by atoms with Gasteiger partial charge in [0.25, 0.3) is 0 Å². The van der Waals surface area contributed by atoms with Crippen LogP contribution >= 0.6 is 7.60 Å². The first-order chi connectivity index (χ1) is 19.6. The molecule has 6 N–H and O–H groups in total. The summed E-state index contributed by atoms with van der Waals surface area (Å²) in [7, 11) is -4.28. The number of benzene rings is 2.